The highest BCUT2D eigenvalue weighted by molar-refractivity contribution is 6.42. The Morgan fingerprint density at radius 3 is 2.58 bits per heavy atom. The van der Waals surface area contributed by atoms with E-state index in [4.69, 9.17) is 23.2 Å². The minimum Gasteiger partial charge on any atom is -0.373 e. The third-order valence-corrected chi connectivity index (χ3v) is 4.78. The van der Waals surface area contributed by atoms with Crippen LogP contribution < -0.4 is 10.2 Å². The molecule has 1 atom stereocenters. The zero-order valence-corrected chi connectivity index (χ0v) is 14.6. The van der Waals surface area contributed by atoms with Gasteiger partial charge in [-0.1, -0.05) is 48.3 Å². The molecule has 2 aromatic carbocycles. The van der Waals surface area contributed by atoms with E-state index in [1.807, 2.05) is 31.2 Å². The van der Waals surface area contributed by atoms with Crippen LogP contribution in [0.1, 0.15) is 18.9 Å². The number of hydrogen-bond acceptors (Lipinski definition) is 3. The zero-order valence-electron chi connectivity index (χ0n) is 13.1. The van der Waals surface area contributed by atoms with Crippen LogP contribution in [-0.4, -0.2) is 17.9 Å². The summed E-state index contributed by atoms with van der Waals surface area (Å²) in [6, 6.07) is 11.9. The second-order valence-corrected chi connectivity index (χ2v) is 6.39. The molecule has 1 aliphatic heterocycles. The molecule has 3 rings (SSSR count). The van der Waals surface area contributed by atoms with Crippen LogP contribution in [0.15, 0.2) is 42.5 Å². The Hall–Kier alpha value is -2.04. The lowest BCUT2D eigenvalue weighted by Gasteiger charge is -2.17. The van der Waals surface area contributed by atoms with Crippen LogP contribution in [0.4, 0.5) is 11.4 Å². The Labute approximate surface area is 150 Å². The number of aryl methyl sites for hydroxylation is 1. The number of carbonyl (C=O) groups is 2. The summed E-state index contributed by atoms with van der Waals surface area (Å²) >= 11 is 11.9. The quantitative estimate of drug-likeness (QED) is 0.824. The van der Waals surface area contributed by atoms with E-state index in [0.717, 1.165) is 22.6 Å². The number of rotatable bonds is 4. The molecule has 2 amide bonds. The topological polar surface area (TPSA) is 49.4 Å². The van der Waals surface area contributed by atoms with Crippen molar-refractivity contribution in [3.8, 4) is 0 Å². The number of nitrogens with one attached hydrogen (secondary N) is 1. The summed E-state index contributed by atoms with van der Waals surface area (Å²) < 4.78 is 0. The van der Waals surface area contributed by atoms with Crippen molar-refractivity contribution in [3.05, 3.63) is 58.1 Å². The molecule has 1 heterocycles. The average molecular weight is 363 g/mol. The highest BCUT2D eigenvalue weighted by Gasteiger charge is 2.39. The lowest BCUT2D eigenvalue weighted by atomic mass is 10.1. The minimum atomic E-state index is -0.584. The Balaban J connectivity index is 1.85. The van der Waals surface area contributed by atoms with E-state index in [1.54, 1.807) is 12.1 Å². The number of carbonyl (C=O) groups excluding carboxylic acids is 2. The first kappa shape index (κ1) is 16.8. The van der Waals surface area contributed by atoms with Crippen LogP contribution >= 0.6 is 23.2 Å². The molecule has 1 fully saturated rings. The molecule has 0 saturated carbocycles. The first-order valence-electron chi connectivity index (χ1n) is 7.67. The van der Waals surface area contributed by atoms with Crippen LogP contribution in [0.2, 0.25) is 10.0 Å². The fourth-order valence-corrected chi connectivity index (χ4v) is 3.09. The summed E-state index contributed by atoms with van der Waals surface area (Å²) in [5.74, 6) is -0.547. The molecule has 0 radical (unpaired) electrons. The summed E-state index contributed by atoms with van der Waals surface area (Å²) in [5, 5.41) is 3.88. The van der Waals surface area contributed by atoms with Gasteiger partial charge >= 0.3 is 0 Å². The minimum absolute atomic E-state index is 0.108. The van der Waals surface area contributed by atoms with Gasteiger partial charge in [-0.15, -0.1) is 0 Å². The molecule has 0 spiro atoms. The number of nitrogens with zero attached hydrogens (tertiary/aromatic N) is 1. The van der Waals surface area contributed by atoms with Crippen LogP contribution in [0.3, 0.4) is 0 Å². The van der Waals surface area contributed by atoms with Crippen molar-refractivity contribution < 1.29 is 9.59 Å². The molecule has 4 nitrogen and oxygen atoms in total. The second-order valence-electron chi connectivity index (χ2n) is 5.58. The van der Waals surface area contributed by atoms with E-state index in [2.05, 4.69) is 5.32 Å². The van der Waals surface area contributed by atoms with Crippen molar-refractivity contribution in [3.63, 3.8) is 0 Å². The number of halogens is 2. The maximum absolute atomic E-state index is 12.7. The van der Waals surface area contributed by atoms with Gasteiger partial charge in [-0.3, -0.25) is 9.59 Å². The van der Waals surface area contributed by atoms with Crippen molar-refractivity contribution in [2.75, 3.05) is 10.2 Å². The van der Waals surface area contributed by atoms with E-state index in [-0.39, 0.29) is 18.2 Å². The fourth-order valence-electron chi connectivity index (χ4n) is 2.80. The molecule has 6 heteroatoms. The molecule has 1 N–H and O–H groups in total. The summed E-state index contributed by atoms with van der Waals surface area (Å²) in [4.78, 5) is 26.2. The highest BCUT2D eigenvalue weighted by atomic mass is 35.5. The van der Waals surface area contributed by atoms with Gasteiger partial charge in [-0.25, -0.2) is 4.90 Å². The van der Waals surface area contributed by atoms with Crippen molar-refractivity contribution in [1.29, 1.82) is 0 Å². The molecule has 124 valence electrons. The maximum atomic E-state index is 12.7. The molecule has 1 aliphatic rings. The van der Waals surface area contributed by atoms with Gasteiger partial charge in [0, 0.05) is 5.69 Å². The van der Waals surface area contributed by atoms with Gasteiger partial charge in [0.05, 0.1) is 22.2 Å². The van der Waals surface area contributed by atoms with Gasteiger partial charge in [-0.05, 0) is 36.2 Å². The predicted molar refractivity (Wildman–Crippen MR) is 96.8 cm³/mol. The van der Waals surface area contributed by atoms with E-state index in [0.29, 0.717) is 15.7 Å². The summed E-state index contributed by atoms with van der Waals surface area (Å²) in [6.07, 6.45) is 0.950. The van der Waals surface area contributed by atoms with Crippen molar-refractivity contribution >= 4 is 46.4 Å². The van der Waals surface area contributed by atoms with Crippen molar-refractivity contribution in [2.24, 2.45) is 0 Å². The molecule has 24 heavy (non-hydrogen) atoms. The molecular formula is C18H16Cl2N2O2. The Morgan fingerprint density at radius 2 is 1.88 bits per heavy atom. The molecule has 2 aromatic rings. The van der Waals surface area contributed by atoms with Crippen LogP contribution in [0, 0.1) is 0 Å². The molecule has 1 saturated heterocycles. The van der Waals surface area contributed by atoms with Crippen LogP contribution in [-0.2, 0) is 16.0 Å². The van der Waals surface area contributed by atoms with Gasteiger partial charge < -0.3 is 5.32 Å². The lowest BCUT2D eigenvalue weighted by molar-refractivity contribution is -0.121. The normalized spacial score (nSPS) is 17.5. The van der Waals surface area contributed by atoms with E-state index >= 15 is 0 Å². The Kier molecular flexibility index (Phi) is 4.78. The third-order valence-electron chi connectivity index (χ3n) is 4.04. The molecular weight excluding hydrogens is 347 g/mol. The summed E-state index contributed by atoms with van der Waals surface area (Å²) in [7, 11) is 0. The predicted octanol–water partition coefficient (Wildman–Crippen LogP) is 4.30. The fraction of sp³-hybridized carbons (Fsp3) is 0.222. The van der Waals surface area contributed by atoms with Crippen LogP contribution in [0.5, 0.6) is 0 Å². The van der Waals surface area contributed by atoms with Gasteiger partial charge in [-0.2, -0.15) is 0 Å². The largest absolute Gasteiger partial charge is 0.373 e. The zero-order chi connectivity index (χ0) is 17.3. The number of anilines is 2. The Bertz CT molecular complexity index is 807. The number of hydrogen-bond donors (Lipinski definition) is 1. The number of amides is 2. The van der Waals surface area contributed by atoms with Crippen molar-refractivity contribution in [2.45, 2.75) is 25.8 Å². The number of imide groups is 1. The van der Waals surface area contributed by atoms with E-state index < -0.39 is 6.04 Å². The lowest BCUT2D eigenvalue weighted by Crippen LogP contribution is -2.35. The van der Waals surface area contributed by atoms with Crippen LogP contribution in [0.25, 0.3) is 0 Å². The maximum Gasteiger partial charge on any atom is 0.256 e. The molecule has 0 bridgehead atoms. The SMILES string of the molecule is CCc1ccccc1N[C@H]1CC(=O)N(c2ccc(Cl)c(Cl)c2)C1=O. The number of benzene rings is 2. The number of para-hydroxylation sites is 1. The second kappa shape index (κ2) is 6.83. The summed E-state index contributed by atoms with van der Waals surface area (Å²) in [5.41, 5.74) is 2.42. The smallest absolute Gasteiger partial charge is 0.256 e. The van der Waals surface area contributed by atoms with Gasteiger partial charge in [0.15, 0.2) is 0 Å². The van der Waals surface area contributed by atoms with Gasteiger partial charge in [0.1, 0.15) is 6.04 Å². The van der Waals surface area contributed by atoms with E-state index in [9.17, 15) is 9.59 Å². The standard InChI is InChI=1S/C18H16Cl2N2O2/c1-2-11-5-3-4-6-15(11)21-16-10-17(23)22(18(16)24)12-7-8-13(19)14(20)9-12/h3-9,16,21H,2,10H2,1H3/t16-/m0/s1. The first-order valence-corrected chi connectivity index (χ1v) is 8.43. The molecule has 0 unspecified atom stereocenters. The molecule has 0 aromatic heterocycles. The first-order chi connectivity index (χ1) is 11.5. The highest BCUT2D eigenvalue weighted by Crippen LogP contribution is 2.31. The third kappa shape index (κ3) is 3.12. The summed E-state index contributed by atoms with van der Waals surface area (Å²) in [6.45, 7) is 2.05. The monoisotopic (exact) mass is 362 g/mol. The van der Waals surface area contributed by atoms with Gasteiger partial charge in [0.2, 0.25) is 5.91 Å². The molecule has 0 aliphatic carbocycles. The average Bonchev–Trinajstić information content (AvgIpc) is 2.85. The van der Waals surface area contributed by atoms with Gasteiger partial charge in [0.25, 0.3) is 5.91 Å². The Morgan fingerprint density at radius 1 is 1.12 bits per heavy atom. The van der Waals surface area contributed by atoms with E-state index in [1.165, 1.54) is 6.07 Å². The van der Waals surface area contributed by atoms with Crippen molar-refractivity contribution in [1.82, 2.24) is 0 Å².